The van der Waals surface area contributed by atoms with E-state index in [0.717, 1.165) is 23.6 Å². The maximum absolute atomic E-state index is 12.4. The van der Waals surface area contributed by atoms with Crippen molar-refractivity contribution in [1.29, 1.82) is 0 Å². The summed E-state index contributed by atoms with van der Waals surface area (Å²) >= 11 is 5.90. The number of halogens is 1. The number of carbonyl (C=O) groups is 1. The van der Waals surface area contributed by atoms with E-state index >= 15 is 0 Å². The van der Waals surface area contributed by atoms with Crippen LogP contribution in [-0.2, 0) is 18.0 Å². The van der Waals surface area contributed by atoms with E-state index in [4.69, 9.17) is 11.6 Å². The third-order valence-electron chi connectivity index (χ3n) is 5.37. The van der Waals surface area contributed by atoms with Crippen LogP contribution in [0.5, 0.6) is 0 Å². The molecule has 2 aromatic rings. The van der Waals surface area contributed by atoms with Crippen LogP contribution in [0.4, 0.5) is 0 Å². The molecule has 3 nitrogen and oxygen atoms in total. The lowest BCUT2D eigenvalue weighted by Crippen LogP contribution is -2.39. The van der Waals surface area contributed by atoms with E-state index in [1.165, 1.54) is 18.4 Å². The molecule has 0 atom stereocenters. The number of benzene rings is 2. The fraction of sp³-hybridized carbons (Fsp3) is 0.350. The molecule has 1 aliphatic carbocycles. The lowest BCUT2D eigenvalue weighted by atomic mass is 9.69. The van der Waals surface area contributed by atoms with Gasteiger partial charge >= 0.3 is 0 Å². The fourth-order valence-corrected chi connectivity index (χ4v) is 4.20. The first-order valence-corrected chi connectivity index (χ1v) is 9.00. The minimum Gasteiger partial charge on any atom is -0.348 e. The van der Waals surface area contributed by atoms with Gasteiger partial charge in [0.2, 0.25) is 0 Å². The number of carbonyl (C=O) groups excluding carboxylic acids is 1. The van der Waals surface area contributed by atoms with Crippen molar-refractivity contribution in [3.05, 3.63) is 70.8 Å². The van der Waals surface area contributed by atoms with Crippen LogP contribution >= 0.6 is 11.6 Å². The van der Waals surface area contributed by atoms with Crippen LogP contribution in [0.2, 0.25) is 0 Å². The Morgan fingerprint density at radius 2 is 1.92 bits per heavy atom. The number of hydrogen-bond donors (Lipinski definition) is 2. The maximum atomic E-state index is 12.4. The number of hydrogen-bond acceptors (Lipinski definition) is 2. The third kappa shape index (κ3) is 2.72. The molecule has 2 saturated heterocycles. The fourth-order valence-electron chi connectivity index (χ4n) is 3.97. The van der Waals surface area contributed by atoms with Gasteiger partial charge in [-0.1, -0.05) is 42.5 Å². The van der Waals surface area contributed by atoms with Crippen molar-refractivity contribution in [3.63, 3.8) is 0 Å². The van der Waals surface area contributed by atoms with Gasteiger partial charge in [0.1, 0.15) is 0 Å². The van der Waals surface area contributed by atoms with Gasteiger partial charge in [0, 0.05) is 23.5 Å². The summed E-state index contributed by atoms with van der Waals surface area (Å²) in [6, 6.07) is 16.1. The second-order valence-corrected chi connectivity index (χ2v) is 7.17. The summed E-state index contributed by atoms with van der Waals surface area (Å²) in [5.74, 6) is 1.13. The zero-order valence-corrected chi connectivity index (χ0v) is 14.3. The molecule has 24 heavy (non-hydrogen) atoms. The highest BCUT2D eigenvalue weighted by Crippen LogP contribution is 2.50. The van der Waals surface area contributed by atoms with Gasteiger partial charge in [0.25, 0.3) is 5.91 Å². The van der Waals surface area contributed by atoms with Crippen molar-refractivity contribution in [2.45, 2.75) is 30.8 Å². The molecule has 2 aromatic carbocycles. The average molecular weight is 341 g/mol. The van der Waals surface area contributed by atoms with Crippen molar-refractivity contribution >= 4 is 17.5 Å². The van der Waals surface area contributed by atoms with Gasteiger partial charge < -0.3 is 10.6 Å². The monoisotopic (exact) mass is 340 g/mol. The van der Waals surface area contributed by atoms with Crippen molar-refractivity contribution in [1.82, 2.24) is 10.6 Å². The van der Waals surface area contributed by atoms with Gasteiger partial charge in [0.05, 0.1) is 0 Å². The van der Waals surface area contributed by atoms with Crippen LogP contribution < -0.4 is 10.6 Å². The van der Waals surface area contributed by atoms with Gasteiger partial charge in [-0.3, -0.25) is 4.79 Å². The van der Waals surface area contributed by atoms with Crippen molar-refractivity contribution < 1.29 is 4.79 Å². The second-order valence-electron chi connectivity index (χ2n) is 6.91. The van der Waals surface area contributed by atoms with E-state index in [2.05, 4.69) is 34.9 Å². The molecule has 124 valence electrons. The molecular weight excluding hydrogens is 320 g/mol. The first kappa shape index (κ1) is 15.7. The predicted octanol–water partition coefficient (Wildman–Crippen LogP) is 3.56. The standard InChI is InChI=1S/C20H21ClN2O/c21-11-16-3-1-2-4-18(16)19(24)22-12-14-5-7-17(8-6-14)20-9-15(10-20)13-23-20/h1-8,15,23H,9-13H2,(H,22,24). The Morgan fingerprint density at radius 1 is 1.17 bits per heavy atom. The smallest absolute Gasteiger partial charge is 0.251 e. The largest absolute Gasteiger partial charge is 0.348 e. The zero-order valence-electron chi connectivity index (χ0n) is 13.5. The van der Waals surface area contributed by atoms with Crippen molar-refractivity contribution in [2.24, 2.45) is 5.92 Å². The Kier molecular flexibility index (Phi) is 4.07. The van der Waals surface area contributed by atoms with E-state index in [0.29, 0.717) is 18.0 Å². The number of rotatable bonds is 5. The molecule has 0 aromatic heterocycles. The van der Waals surface area contributed by atoms with Gasteiger partial charge in [0.15, 0.2) is 0 Å². The molecule has 2 heterocycles. The topological polar surface area (TPSA) is 41.1 Å². The summed E-state index contributed by atoms with van der Waals surface area (Å²) in [6.07, 6.45) is 2.52. The molecule has 0 unspecified atom stereocenters. The quantitative estimate of drug-likeness (QED) is 0.817. The van der Waals surface area contributed by atoms with E-state index in [9.17, 15) is 4.79 Å². The molecule has 2 bridgehead atoms. The highest BCUT2D eigenvalue weighted by molar-refractivity contribution is 6.17. The summed E-state index contributed by atoms with van der Waals surface area (Å²) in [6.45, 7) is 1.68. The molecule has 2 N–H and O–H groups in total. The lowest BCUT2D eigenvalue weighted by molar-refractivity contribution is 0.0950. The Hall–Kier alpha value is -1.84. The van der Waals surface area contributed by atoms with Crippen molar-refractivity contribution in [3.8, 4) is 0 Å². The summed E-state index contributed by atoms with van der Waals surface area (Å²) < 4.78 is 0. The molecule has 2 aliphatic heterocycles. The number of nitrogens with one attached hydrogen (secondary N) is 2. The summed E-state index contributed by atoms with van der Waals surface area (Å²) in [7, 11) is 0. The van der Waals surface area contributed by atoms with E-state index in [1.54, 1.807) is 0 Å². The Morgan fingerprint density at radius 3 is 2.58 bits per heavy atom. The normalized spacial score (nSPS) is 24.5. The molecule has 4 heteroatoms. The molecule has 1 amide bonds. The molecule has 3 aliphatic rings. The van der Waals surface area contributed by atoms with Crippen LogP contribution in [0.25, 0.3) is 0 Å². The SMILES string of the molecule is O=C(NCc1ccc(C23CC(CN2)C3)cc1)c1ccccc1CCl. The van der Waals surface area contributed by atoms with E-state index in [1.807, 2.05) is 24.3 Å². The zero-order chi connectivity index (χ0) is 16.6. The van der Waals surface area contributed by atoms with Gasteiger partial charge in [-0.2, -0.15) is 0 Å². The summed E-state index contributed by atoms with van der Waals surface area (Å²) in [4.78, 5) is 12.4. The van der Waals surface area contributed by atoms with Gasteiger partial charge in [-0.05, 0) is 48.1 Å². The Bertz CT molecular complexity index is 745. The highest BCUT2D eigenvalue weighted by Gasteiger charge is 2.50. The molecule has 0 radical (unpaired) electrons. The first-order valence-electron chi connectivity index (χ1n) is 8.47. The molecule has 3 fully saturated rings. The van der Waals surface area contributed by atoms with Crippen LogP contribution in [0.3, 0.4) is 0 Å². The van der Waals surface area contributed by atoms with Gasteiger partial charge in [-0.25, -0.2) is 0 Å². The summed E-state index contributed by atoms with van der Waals surface area (Å²) in [5, 5.41) is 6.63. The Balaban J connectivity index is 1.40. The van der Waals surface area contributed by atoms with Crippen LogP contribution in [0.1, 0.15) is 39.9 Å². The van der Waals surface area contributed by atoms with Crippen LogP contribution in [-0.4, -0.2) is 12.5 Å². The molecule has 1 saturated carbocycles. The molecule has 5 rings (SSSR count). The lowest BCUT2D eigenvalue weighted by Gasteiger charge is -2.38. The molecular formula is C20H21ClN2O. The minimum absolute atomic E-state index is 0.0757. The minimum atomic E-state index is -0.0757. The van der Waals surface area contributed by atoms with Crippen molar-refractivity contribution in [2.75, 3.05) is 6.54 Å². The summed E-state index contributed by atoms with van der Waals surface area (Å²) in [5.41, 5.74) is 4.22. The van der Waals surface area contributed by atoms with Crippen LogP contribution in [0, 0.1) is 5.92 Å². The molecule has 0 spiro atoms. The van der Waals surface area contributed by atoms with E-state index in [-0.39, 0.29) is 11.4 Å². The predicted molar refractivity (Wildman–Crippen MR) is 96.0 cm³/mol. The highest BCUT2D eigenvalue weighted by atomic mass is 35.5. The van der Waals surface area contributed by atoms with E-state index < -0.39 is 0 Å². The second kappa shape index (κ2) is 6.23. The van der Waals surface area contributed by atoms with Crippen LogP contribution in [0.15, 0.2) is 48.5 Å². The number of alkyl halides is 1. The maximum Gasteiger partial charge on any atom is 0.251 e. The first-order chi connectivity index (χ1) is 11.7. The Labute approximate surface area is 147 Å². The average Bonchev–Trinajstić information content (AvgIpc) is 3.22. The number of fused-ring (bicyclic) bond motifs is 1. The van der Waals surface area contributed by atoms with Gasteiger partial charge in [-0.15, -0.1) is 11.6 Å². The number of amides is 1. The third-order valence-corrected chi connectivity index (χ3v) is 5.66.